The molecule has 0 aliphatic rings. The Morgan fingerprint density at radius 1 is 1.22 bits per heavy atom. The highest BCUT2D eigenvalue weighted by atomic mass is 31.2. The van der Waals surface area contributed by atoms with Gasteiger partial charge in [-0.3, -0.25) is 23.2 Å². The van der Waals surface area contributed by atoms with Crippen LogP contribution in [0.1, 0.15) is 0 Å². The molecule has 1 N–H and O–H groups in total. The van der Waals surface area contributed by atoms with Crippen molar-refractivity contribution in [2.45, 2.75) is 0 Å². The van der Waals surface area contributed by atoms with Crippen LogP contribution < -0.4 is 5.32 Å². The Kier molecular flexibility index (Phi) is 8.23. The summed E-state index contributed by atoms with van der Waals surface area (Å²) in [5.41, 5.74) is 0. The number of carbonyl (C=O) groups excluding carboxylic acids is 2. The Balaban J connectivity index is 3.92. The molecule has 0 saturated carbocycles. The van der Waals surface area contributed by atoms with Gasteiger partial charge in [-0.05, 0) is 0 Å². The lowest BCUT2D eigenvalue weighted by Crippen LogP contribution is -2.28. The molecule has 0 aliphatic heterocycles. The predicted octanol–water partition coefficient (Wildman–Crippen LogP) is 0.249. The number of amides is 1. The molecule has 0 bridgehead atoms. The van der Waals surface area contributed by atoms with E-state index in [-0.39, 0.29) is 13.2 Å². The average molecular weight is 281 g/mol. The minimum Gasteiger partial charge on any atom is -0.468 e. The van der Waals surface area contributed by atoms with E-state index in [4.69, 9.17) is 4.52 Å². The van der Waals surface area contributed by atoms with Gasteiger partial charge >= 0.3 is 13.8 Å². The minimum atomic E-state index is -3.53. The zero-order valence-electron chi connectivity index (χ0n) is 10.4. The molecule has 0 heterocycles. The van der Waals surface area contributed by atoms with Gasteiger partial charge in [0.1, 0.15) is 6.54 Å². The van der Waals surface area contributed by atoms with Crippen molar-refractivity contribution in [3.8, 4) is 0 Å². The summed E-state index contributed by atoms with van der Waals surface area (Å²) < 4.78 is 29.5. The van der Waals surface area contributed by atoms with Gasteiger partial charge in [-0.1, -0.05) is 6.08 Å². The van der Waals surface area contributed by atoms with Gasteiger partial charge in [0.05, 0.1) is 13.7 Å². The van der Waals surface area contributed by atoms with E-state index < -0.39 is 19.7 Å². The number of rotatable bonds is 8. The molecule has 0 aromatic carbocycles. The van der Waals surface area contributed by atoms with Crippen molar-refractivity contribution in [1.29, 1.82) is 0 Å². The Labute approximate surface area is 105 Å². The van der Waals surface area contributed by atoms with E-state index in [1.54, 1.807) is 0 Å². The fourth-order valence-corrected chi connectivity index (χ4v) is 1.39. The molecule has 0 saturated heterocycles. The first-order chi connectivity index (χ1) is 8.47. The third-order valence-corrected chi connectivity index (χ3v) is 3.04. The number of phosphoric acid groups is 1. The summed E-state index contributed by atoms with van der Waals surface area (Å²) in [6, 6.07) is 0. The van der Waals surface area contributed by atoms with E-state index in [1.165, 1.54) is 27.4 Å². The van der Waals surface area contributed by atoms with Gasteiger partial charge in [-0.15, -0.1) is 0 Å². The number of hydrogen-bond donors (Lipinski definition) is 1. The molecular formula is C9H16NO7P. The maximum Gasteiger partial charge on any atom is 0.474 e. The van der Waals surface area contributed by atoms with E-state index >= 15 is 0 Å². The van der Waals surface area contributed by atoms with E-state index in [0.717, 1.165) is 6.08 Å². The Morgan fingerprint density at radius 2 is 1.83 bits per heavy atom. The van der Waals surface area contributed by atoms with Gasteiger partial charge in [0.2, 0.25) is 5.91 Å². The first-order valence-corrected chi connectivity index (χ1v) is 6.30. The average Bonchev–Trinajstić information content (AvgIpc) is 2.40. The van der Waals surface area contributed by atoms with Crippen molar-refractivity contribution in [2.75, 3.05) is 34.5 Å². The number of carbonyl (C=O) groups is 2. The van der Waals surface area contributed by atoms with Crippen LogP contribution in [0.4, 0.5) is 0 Å². The van der Waals surface area contributed by atoms with Gasteiger partial charge in [0.15, 0.2) is 0 Å². The third-order valence-electron chi connectivity index (χ3n) is 1.68. The number of esters is 1. The molecular weight excluding hydrogens is 265 g/mol. The molecule has 1 amide bonds. The SMILES string of the molecule is COC(=O)CNC(=O)/C=C/COP(=O)(OC)OC. The number of phosphoric ester groups is 1. The van der Waals surface area contributed by atoms with Crippen molar-refractivity contribution >= 4 is 19.7 Å². The molecule has 0 spiro atoms. The largest absolute Gasteiger partial charge is 0.474 e. The fourth-order valence-electron chi connectivity index (χ4n) is 0.760. The first kappa shape index (κ1) is 16.8. The van der Waals surface area contributed by atoms with E-state index in [2.05, 4.69) is 19.1 Å². The van der Waals surface area contributed by atoms with Gasteiger partial charge in [0, 0.05) is 20.3 Å². The number of nitrogens with one attached hydrogen (secondary N) is 1. The standard InChI is InChI=1S/C9H16NO7P/c1-14-9(12)7-10-8(11)5-4-6-17-18(13,15-2)16-3/h4-5H,6-7H2,1-3H3,(H,10,11)/b5-4+. The monoisotopic (exact) mass is 281 g/mol. The lowest BCUT2D eigenvalue weighted by molar-refractivity contribution is -0.140. The van der Waals surface area contributed by atoms with Crippen molar-refractivity contribution in [3.05, 3.63) is 12.2 Å². The molecule has 0 rings (SSSR count). The fraction of sp³-hybridized carbons (Fsp3) is 0.556. The van der Waals surface area contributed by atoms with E-state index in [1.807, 2.05) is 0 Å². The van der Waals surface area contributed by atoms with Gasteiger partial charge in [-0.25, -0.2) is 4.57 Å². The third kappa shape index (κ3) is 7.18. The summed E-state index contributed by atoms with van der Waals surface area (Å²) in [6.07, 6.45) is 2.43. The van der Waals surface area contributed by atoms with Crippen LogP contribution in [0, 0.1) is 0 Å². The van der Waals surface area contributed by atoms with Crippen LogP contribution in [-0.4, -0.2) is 46.4 Å². The highest BCUT2D eigenvalue weighted by molar-refractivity contribution is 7.48. The van der Waals surface area contributed by atoms with E-state index in [0.29, 0.717) is 0 Å². The van der Waals surface area contributed by atoms with Gasteiger partial charge in [0.25, 0.3) is 0 Å². The van der Waals surface area contributed by atoms with Crippen LogP contribution in [0.2, 0.25) is 0 Å². The second-order valence-electron chi connectivity index (χ2n) is 2.80. The van der Waals surface area contributed by atoms with Crippen molar-refractivity contribution in [1.82, 2.24) is 5.32 Å². The van der Waals surface area contributed by atoms with Gasteiger partial charge < -0.3 is 10.1 Å². The smallest absolute Gasteiger partial charge is 0.468 e. The van der Waals surface area contributed by atoms with Crippen molar-refractivity contribution < 1.29 is 32.5 Å². The minimum absolute atomic E-state index is 0.134. The lowest BCUT2D eigenvalue weighted by atomic mass is 10.4. The Bertz CT molecular complexity index is 347. The molecule has 0 aromatic rings. The van der Waals surface area contributed by atoms with Crippen LogP contribution in [0.5, 0.6) is 0 Å². The lowest BCUT2D eigenvalue weighted by Gasteiger charge is -2.11. The topological polar surface area (TPSA) is 100 Å². The summed E-state index contributed by atoms with van der Waals surface area (Å²) in [4.78, 5) is 21.8. The molecule has 0 atom stereocenters. The summed E-state index contributed by atoms with van der Waals surface area (Å²) in [5, 5.41) is 2.27. The predicted molar refractivity (Wildman–Crippen MR) is 61.7 cm³/mol. The second-order valence-corrected chi connectivity index (χ2v) is 4.69. The molecule has 0 aliphatic carbocycles. The van der Waals surface area contributed by atoms with Crippen molar-refractivity contribution in [2.24, 2.45) is 0 Å². The maximum atomic E-state index is 11.4. The molecule has 0 unspecified atom stereocenters. The normalized spacial score (nSPS) is 11.5. The van der Waals surface area contributed by atoms with Gasteiger partial charge in [-0.2, -0.15) is 0 Å². The Hall–Kier alpha value is -1.21. The van der Waals surface area contributed by atoms with Crippen molar-refractivity contribution in [3.63, 3.8) is 0 Å². The number of hydrogen-bond acceptors (Lipinski definition) is 7. The summed E-state index contributed by atoms with van der Waals surface area (Å²) in [6.45, 7) is -0.361. The quantitative estimate of drug-likeness (QED) is 0.386. The van der Waals surface area contributed by atoms with Crippen LogP contribution in [0.3, 0.4) is 0 Å². The molecule has 8 nitrogen and oxygen atoms in total. The molecule has 0 radical (unpaired) electrons. The molecule has 104 valence electrons. The molecule has 0 aromatic heterocycles. The Morgan fingerprint density at radius 3 is 2.33 bits per heavy atom. The van der Waals surface area contributed by atoms with Crippen LogP contribution in [0.25, 0.3) is 0 Å². The zero-order chi connectivity index (χ0) is 14.0. The van der Waals surface area contributed by atoms with Crippen LogP contribution in [0.15, 0.2) is 12.2 Å². The van der Waals surface area contributed by atoms with Crippen LogP contribution >= 0.6 is 7.82 Å². The molecule has 0 fully saturated rings. The zero-order valence-corrected chi connectivity index (χ0v) is 11.3. The first-order valence-electron chi connectivity index (χ1n) is 4.84. The van der Waals surface area contributed by atoms with Crippen LogP contribution in [-0.2, 0) is 32.5 Å². The highest BCUT2D eigenvalue weighted by Crippen LogP contribution is 2.47. The summed E-state index contributed by atoms with van der Waals surface area (Å²) in [5.74, 6) is -1.06. The summed E-state index contributed by atoms with van der Waals surface area (Å²) in [7, 11) is 0.0347. The van der Waals surface area contributed by atoms with E-state index in [9.17, 15) is 14.2 Å². The molecule has 18 heavy (non-hydrogen) atoms. The summed E-state index contributed by atoms with van der Waals surface area (Å²) >= 11 is 0. The molecule has 9 heteroatoms. The highest BCUT2D eigenvalue weighted by Gasteiger charge is 2.21. The number of methoxy groups -OCH3 is 1. The maximum absolute atomic E-state index is 11.4. The number of ether oxygens (including phenoxy) is 1. The second kappa shape index (κ2) is 8.82.